The van der Waals surface area contributed by atoms with Gasteiger partial charge in [-0.3, -0.25) is 4.79 Å². The molecule has 0 amide bonds. The number of nitrogens with one attached hydrogen (secondary N) is 1. The van der Waals surface area contributed by atoms with Gasteiger partial charge >= 0.3 is 5.97 Å². The summed E-state index contributed by atoms with van der Waals surface area (Å²) in [4.78, 5) is 23.9. The normalized spacial score (nSPS) is 13.7. The number of carbonyl (C=O) groups is 1. The predicted molar refractivity (Wildman–Crippen MR) is 78.6 cm³/mol. The van der Waals surface area contributed by atoms with E-state index < -0.39 is 11.5 Å². The van der Waals surface area contributed by atoms with Crippen LogP contribution in [0.25, 0.3) is 0 Å². The summed E-state index contributed by atoms with van der Waals surface area (Å²) in [7, 11) is 0. The van der Waals surface area contributed by atoms with Gasteiger partial charge in [0.05, 0.1) is 6.54 Å². The van der Waals surface area contributed by atoms with Gasteiger partial charge in [0, 0.05) is 12.7 Å². The Labute approximate surface area is 121 Å². The minimum absolute atomic E-state index is 0.0788. The predicted octanol–water partition coefficient (Wildman–Crippen LogP) is 1.24. The third kappa shape index (κ3) is 2.60. The fraction of sp³-hybridized carbons (Fsp3) is 0.250. The van der Waals surface area contributed by atoms with Crippen molar-refractivity contribution in [3.05, 3.63) is 69.1 Å². The highest BCUT2D eigenvalue weighted by molar-refractivity contribution is 5.89. The number of nitrogens with zero attached hydrogens (tertiary/aromatic N) is 1. The van der Waals surface area contributed by atoms with E-state index in [9.17, 15) is 14.7 Å². The fourth-order valence-corrected chi connectivity index (χ4v) is 2.75. The van der Waals surface area contributed by atoms with Crippen LogP contribution in [0, 0.1) is 0 Å². The lowest BCUT2D eigenvalue weighted by Crippen LogP contribution is -2.34. The maximum absolute atomic E-state index is 12.4. The summed E-state index contributed by atoms with van der Waals surface area (Å²) in [6.07, 6.45) is 2.36. The number of fused-ring (bicyclic) bond motifs is 1. The molecule has 0 saturated heterocycles. The molecular weight excluding hydrogens is 268 g/mol. The second-order valence-electron chi connectivity index (χ2n) is 5.16. The zero-order chi connectivity index (χ0) is 14.8. The molecule has 1 aromatic heterocycles. The van der Waals surface area contributed by atoms with Gasteiger partial charge in [-0.05, 0) is 29.7 Å². The second-order valence-corrected chi connectivity index (χ2v) is 5.16. The topological polar surface area (TPSA) is 71.3 Å². The molecule has 0 aliphatic carbocycles. The minimum Gasteiger partial charge on any atom is -0.477 e. The molecular formula is C16H16N2O3. The molecule has 1 aromatic carbocycles. The summed E-state index contributed by atoms with van der Waals surface area (Å²) in [6.45, 7) is 1.69. The van der Waals surface area contributed by atoms with Gasteiger partial charge in [0.15, 0.2) is 0 Å². The molecule has 0 bridgehead atoms. The first kappa shape index (κ1) is 13.6. The van der Waals surface area contributed by atoms with Crippen molar-refractivity contribution in [3.63, 3.8) is 0 Å². The highest BCUT2D eigenvalue weighted by atomic mass is 16.4. The fourth-order valence-electron chi connectivity index (χ4n) is 2.75. The lowest BCUT2D eigenvalue weighted by atomic mass is 9.97. The van der Waals surface area contributed by atoms with Gasteiger partial charge in [-0.25, -0.2) is 4.79 Å². The first-order chi connectivity index (χ1) is 10.2. The molecule has 2 heterocycles. The summed E-state index contributed by atoms with van der Waals surface area (Å²) in [5.74, 6) is -1.14. The van der Waals surface area contributed by atoms with Crippen molar-refractivity contribution in [2.24, 2.45) is 0 Å². The molecule has 0 fully saturated rings. The van der Waals surface area contributed by atoms with Gasteiger partial charge in [-0.1, -0.05) is 30.3 Å². The van der Waals surface area contributed by atoms with Gasteiger partial charge in [-0.15, -0.1) is 0 Å². The standard InChI is InChI=1S/C16H16N2O3/c19-15-14(16(20)21)13-6-7-17-8-12(13)10-18(15)9-11-4-2-1-3-5-11/h1-5,10,17H,6-9H2,(H,20,21). The molecule has 2 aromatic rings. The number of carboxylic acids is 1. The van der Waals surface area contributed by atoms with E-state index in [0.29, 0.717) is 31.6 Å². The van der Waals surface area contributed by atoms with Gasteiger partial charge < -0.3 is 15.0 Å². The molecule has 3 rings (SSSR count). The maximum Gasteiger partial charge on any atom is 0.341 e. The number of carboxylic acid groups (broad SMARTS) is 1. The summed E-state index contributed by atoms with van der Waals surface area (Å²) in [6, 6.07) is 9.55. The van der Waals surface area contributed by atoms with Crippen molar-refractivity contribution in [2.75, 3.05) is 6.54 Å². The molecule has 108 valence electrons. The number of aromatic carboxylic acids is 1. The largest absolute Gasteiger partial charge is 0.477 e. The Hall–Kier alpha value is -2.40. The maximum atomic E-state index is 12.4. The van der Waals surface area contributed by atoms with E-state index in [1.165, 1.54) is 4.57 Å². The van der Waals surface area contributed by atoms with Crippen molar-refractivity contribution in [3.8, 4) is 0 Å². The number of hydrogen-bond acceptors (Lipinski definition) is 3. The van der Waals surface area contributed by atoms with Crippen LogP contribution in [0.3, 0.4) is 0 Å². The molecule has 2 N–H and O–H groups in total. The van der Waals surface area contributed by atoms with E-state index >= 15 is 0 Å². The van der Waals surface area contributed by atoms with Gasteiger partial charge in [0.25, 0.3) is 5.56 Å². The molecule has 5 heteroatoms. The molecule has 0 spiro atoms. The number of rotatable bonds is 3. The summed E-state index contributed by atoms with van der Waals surface area (Å²) >= 11 is 0. The molecule has 0 atom stereocenters. The molecule has 0 radical (unpaired) electrons. The van der Waals surface area contributed by atoms with Crippen LogP contribution in [0.1, 0.15) is 27.0 Å². The van der Waals surface area contributed by atoms with Crippen molar-refractivity contribution >= 4 is 5.97 Å². The number of hydrogen-bond donors (Lipinski definition) is 2. The lowest BCUT2D eigenvalue weighted by molar-refractivity contribution is 0.0692. The van der Waals surface area contributed by atoms with E-state index in [0.717, 1.165) is 11.1 Å². The summed E-state index contributed by atoms with van der Waals surface area (Å²) in [5.41, 5.74) is 2.04. The van der Waals surface area contributed by atoms with E-state index in [4.69, 9.17) is 0 Å². The van der Waals surface area contributed by atoms with Crippen molar-refractivity contribution in [2.45, 2.75) is 19.5 Å². The molecule has 21 heavy (non-hydrogen) atoms. The van der Waals surface area contributed by atoms with Gasteiger partial charge in [0.2, 0.25) is 0 Å². The monoisotopic (exact) mass is 284 g/mol. The van der Waals surface area contributed by atoms with Crippen LogP contribution in [0.2, 0.25) is 0 Å². The van der Waals surface area contributed by atoms with Crippen LogP contribution < -0.4 is 10.9 Å². The Bertz CT molecular complexity index is 735. The Morgan fingerprint density at radius 2 is 2.05 bits per heavy atom. The molecule has 5 nitrogen and oxygen atoms in total. The quantitative estimate of drug-likeness (QED) is 0.889. The van der Waals surface area contributed by atoms with E-state index in [1.807, 2.05) is 30.3 Å². The SMILES string of the molecule is O=C(O)c1c2c(cn(Cc3ccccc3)c1=O)CNCC2. The van der Waals surface area contributed by atoms with E-state index in [1.54, 1.807) is 6.20 Å². The van der Waals surface area contributed by atoms with E-state index in [-0.39, 0.29) is 5.56 Å². The Balaban J connectivity index is 2.11. The van der Waals surface area contributed by atoms with Crippen molar-refractivity contribution in [1.82, 2.24) is 9.88 Å². The van der Waals surface area contributed by atoms with Crippen molar-refractivity contribution in [1.29, 1.82) is 0 Å². The minimum atomic E-state index is -1.14. The smallest absolute Gasteiger partial charge is 0.341 e. The van der Waals surface area contributed by atoms with Crippen molar-refractivity contribution < 1.29 is 9.90 Å². The van der Waals surface area contributed by atoms with Crippen LogP contribution in [0.15, 0.2) is 41.3 Å². The first-order valence-electron chi connectivity index (χ1n) is 6.90. The average molecular weight is 284 g/mol. The molecule has 0 unspecified atom stereocenters. The van der Waals surface area contributed by atoms with Crippen LogP contribution in [-0.4, -0.2) is 22.2 Å². The second kappa shape index (κ2) is 5.54. The molecule has 0 saturated carbocycles. The lowest BCUT2D eigenvalue weighted by Gasteiger charge is -2.20. The highest BCUT2D eigenvalue weighted by Crippen LogP contribution is 2.16. The Kier molecular flexibility index (Phi) is 3.58. The number of benzene rings is 1. The number of aromatic nitrogens is 1. The van der Waals surface area contributed by atoms with Crippen LogP contribution in [0.5, 0.6) is 0 Å². The van der Waals surface area contributed by atoms with E-state index in [2.05, 4.69) is 5.32 Å². The third-order valence-electron chi connectivity index (χ3n) is 3.75. The summed E-state index contributed by atoms with van der Waals surface area (Å²) in [5, 5.41) is 12.6. The first-order valence-corrected chi connectivity index (χ1v) is 6.90. The van der Waals surface area contributed by atoms with Crippen LogP contribution in [-0.2, 0) is 19.5 Å². The number of pyridine rings is 1. The summed E-state index contributed by atoms with van der Waals surface area (Å²) < 4.78 is 1.49. The van der Waals surface area contributed by atoms with Gasteiger partial charge in [0.1, 0.15) is 5.56 Å². The molecule has 1 aliphatic heterocycles. The Morgan fingerprint density at radius 3 is 2.76 bits per heavy atom. The highest BCUT2D eigenvalue weighted by Gasteiger charge is 2.22. The Morgan fingerprint density at radius 1 is 1.29 bits per heavy atom. The van der Waals surface area contributed by atoms with Crippen LogP contribution in [0.4, 0.5) is 0 Å². The van der Waals surface area contributed by atoms with Gasteiger partial charge in [-0.2, -0.15) is 0 Å². The molecule has 1 aliphatic rings. The zero-order valence-corrected chi connectivity index (χ0v) is 11.5. The average Bonchev–Trinajstić information content (AvgIpc) is 2.49. The van der Waals surface area contributed by atoms with Crippen LogP contribution >= 0.6 is 0 Å². The third-order valence-corrected chi connectivity index (χ3v) is 3.75. The zero-order valence-electron chi connectivity index (χ0n) is 11.5.